The third-order valence-electron chi connectivity index (χ3n) is 5.47. The molecule has 8 nitrogen and oxygen atoms in total. The molecule has 1 aliphatic heterocycles. The predicted octanol–water partition coefficient (Wildman–Crippen LogP) is 4.66. The SMILES string of the molecule is O=C(O)NC(CCN1CCCCC1)CS(=O)(=O)c1ccc(Oc2ccc(OC(F)(F)F)cc2)cc1. The Hall–Kier alpha value is -2.99. The summed E-state index contributed by atoms with van der Waals surface area (Å²) < 4.78 is 71.9. The molecule has 1 atom stereocenters. The van der Waals surface area contributed by atoms with Gasteiger partial charge in [-0.1, -0.05) is 6.42 Å². The zero-order valence-corrected chi connectivity index (χ0v) is 19.6. The normalized spacial score (nSPS) is 15.9. The molecular formula is C23H27F3N2O6S. The number of hydrogen-bond acceptors (Lipinski definition) is 6. The van der Waals surface area contributed by atoms with Gasteiger partial charge in [0.05, 0.1) is 10.6 Å². The van der Waals surface area contributed by atoms with Crippen LogP contribution in [0.4, 0.5) is 18.0 Å². The Kier molecular flexibility index (Phi) is 8.84. The summed E-state index contributed by atoms with van der Waals surface area (Å²) >= 11 is 0. The Morgan fingerprint density at radius 3 is 2.06 bits per heavy atom. The van der Waals surface area contributed by atoms with Gasteiger partial charge in [0.15, 0.2) is 9.84 Å². The summed E-state index contributed by atoms with van der Waals surface area (Å²) in [6.07, 6.45) is -2.38. The monoisotopic (exact) mass is 516 g/mol. The average Bonchev–Trinajstić information content (AvgIpc) is 2.78. The molecule has 0 saturated carbocycles. The van der Waals surface area contributed by atoms with Crippen LogP contribution in [-0.2, 0) is 9.84 Å². The number of hydrogen-bond donors (Lipinski definition) is 2. The third kappa shape index (κ3) is 8.95. The van der Waals surface area contributed by atoms with Crippen molar-refractivity contribution in [1.82, 2.24) is 10.2 Å². The summed E-state index contributed by atoms with van der Waals surface area (Å²) in [4.78, 5) is 13.4. The van der Waals surface area contributed by atoms with Gasteiger partial charge in [0, 0.05) is 12.6 Å². The molecule has 35 heavy (non-hydrogen) atoms. The number of carboxylic acid groups (broad SMARTS) is 1. The highest BCUT2D eigenvalue weighted by Crippen LogP contribution is 2.28. The Morgan fingerprint density at radius 2 is 1.51 bits per heavy atom. The van der Waals surface area contributed by atoms with Crippen molar-refractivity contribution in [1.29, 1.82) is 0 Å². The first-order chi connectivity index (χ1) is 16.5. The highest BCUT2D eigenvalue weighted by molar-refractivity contribution is 7.91. The van der Waals surface area contributed by atoms with Crippen molar-refractivity contribution in [2.75, 3.05) is 25.4 Å². The van der Waals surface area contributed by atoms with E-state index in [1.807, 2.05) is 0 Å². The quantitative estimate of drug-likeness (QED) is 0.473. The van der Waals surface area contributed by atoms with E-state index in [-0.39, 0.29) is 22.1 Å². The van der Waals surface area contributed by atoms with Crippen molar-refractivity contribution in [2.24, 2.45) is 0 Å². The fraction of sp³-hybridized carbons (Fsp3) is 0.435. The summed E-state index contributed by atoms with van der Waals surface area (Å²) in [6.45, 7) is 2.46. The lowest BCUT2D eigenvalue weighted by Crippen LogP contribution is -2.42. The Labute approximate surface area is 201 Å². The van der Waals surface area contributed by atoms with E-state index in [1.165, 1.54) is 42.8 Å². The average molecular weight is 517 g/mol. The molecule has 1 amide bonds. The van der Waals surface area contributed by atoms with Crippen LogP contribution in [0.1, 0.15) is 25.7 Å². The molecule has 0 aliphatic carbocycles. The van der Waals surface area contributed by atoms with Crippen LogP contribution in [0.15, 0.2) is 53.4 Å². The number of sulfone groups is 1. The molecule has 1 aliphatic rings. The minimum absolute atomic E-state index is 0.00827. The lowest BCUT2D eigenvalue weighted by Gasteiger charge is -2.28. The summed E-state index contributed by atoms with van der Waals surface area (Å²) in [6, 6.07) is 9.53. The highest BCUT2D eigenvalue weighted by atomic mass is 32.2. The van der Waals surface area contributed by atoms with E-state index in [1.54, 1.807) is 0 Å². The first kappa shape index (κ1) is 26.6. The van der Waals surface area contributed by atoms with E-state index < -0.39 is 34.1 Å². The standard InChI is InChI=1S/C23H27F3N2O6S/c24-23(25,26)34-20-6-4-18(5-7-20)33-19-8-10-21(11-9-19)35(31,32)16-17(27-22(29)30)12-15-28-13-2-1-3-14-28/h4-11,17,27H,1-3,12-16H2,(H,29,30). The lowest BCUT2D eigenvalue weighted by atomic mass is 10.1. The van der Waals surface area contributed by atoms with Crippen molar-refractivity contribution in [3.63, 3.8) is 0 Å². The number of carbonyl (C=O) groups is 1. The summed E-state index contributed by atoms with van der Waals surface area (Å²) in [5, 5.41) is 11.5. The van der Waals surface area contributed by atoms with Crippen LogP contribution in [-0.4, -0.2) is 62.3 Å². The van der Waals surface area contributed by atoms with E-state index >= 15 is 0 Å². The van der Waals surface area contributed by atoms with Crippen molar-refractivity contribution < 1.29 is 41.0 Å². The number of nitrogens with zero attached hydrogens (tertiary/aromatic N) is 1. The molecular weight excluding hydrogens is 489 g/mol. The number of amides is 1. The zero-order chi connectivity index (χ0) is 25.5. The van der Waals surface area contributed by atoms with Crippen LogP contribution in [0.25, 0.3) is 0 Å². The number of halogens is 3. The number of piperidine rings is 1. The second-order valence-electron chi connectivity index (χ2n) is 8.21. The molecule has 192 valence electrons. The molecule has 0 spiro atoms. The largest absolute Gasteiger partial charge is 0.573 e. The molecule has 2 aromatic rings. The van der Waals surface area contributed by atoms with Gasteiger partial charge in [-0.05, 0) is 80.9 Å². The number of ether oxygens (including phenoxy) is 2. The van der Waals surface area contributed by atoms with E-state index in [0.29, 0.717) is 13.0 Å². The topological polar surface area (TPSA) is 105 Å². The molecule has 1 fully saturated rings. The molecule has 1 heterocycles. The maximum Gasteiger partial charge on any atom is 0.573 e. The minimum atomic E-state index is -4.80. The van der Waals surface area contributed by atoms with Gasteiger partial charge in [-0.25, -0.2) is 13.2 Å². The number of likely N-dealkylation sites (tertiary alicyclic amines) is 1. The van der Waals surface area contributed by atoms with Gasteiger partial charge in [-0.15, -0.1) is 13.2 Å². The first-order valence-electron chi connectivity index (χ1n) is 11.1. The second-order valence-corrected chi connectivity index (χ2v) is 10.2. The Morgan fingerprint density at radius 1 is 0.971 bits per heavy atom. The van der Waals surface area contributed by atoms with E-state index in [0.717, 1.165) is 38.1 Å². The molecule has 0 aromatic heterocycles. The lowest BCUT2D eigenvalue weighted by molar-refractivity contribution is -0.274. The van der Waals surface area contributed by atoms with Crippen molar-refractivity contribution in [3.05, 3.63) is 48.5 Å². The van der Waals surface area contributed by atoms with Crippen LogP contribution in [0.5, 0.6) is 17.2 Å². The number of rotatable bonds is 10. The maximum atomic E-state index is 12.9. The first-order valence-corrected chi connectivity index (χ1v) is 12.7. The van der Waals surface area contributed by atoms with Crippen LogP contribution in [0, 0.1) is 0 Å². The Bertz CT molecular complexity index is 1070. The van der Waals surface area contributed by atoms with Gasteiger partial charge >= 0.3 is 12.5 Å². The maximum absolute atomic E-state index is 12.9. The molecule has 0 radical (unpaired) electrons. The predicted molar refractivity (Wildman–Crippen MR) is 122 cm³/mol. The zero-order valence-electron chi connectivity index (χ0n) is 18.8. The fourth-order valence-electron chi connectivity index (χ4n) is 3.81. The highest BCUT2D eigenvalue weighted by Gasteiger charge is 2.31. The van der Waals surface area contributed by atoms with E-state index in [4.69, 9.17) is 9.84 Å². The molecule has 2 N–H and O–H groups in total. The van der Waals surface area contributed by atoms with Crippen molar-refractivity contribution in [3.8, 4) is 17.2 Å². The van der Waals surface area contributed by atoms with Gasteiger partial charge in [0.25, 0.3) is 0 Å². The molecule has 1 unspecified atom stereocenters. The van der Waals surface area contributed by atoms with Crippen molar-refractivity contribution >= 4 is 15.9 Å². The van der Waals surface area contributed by atoms with Gasteiger partial charge in [0.2, 0.25) is 0 Å². The summed E-state index contributed by atoms with van der Waals surface area (Å²) in [7, 11) is -3.79. The second kappa shape index (κ2) is 11.6. The van der Waals surface area contributed by atoms with Gasteiger partial charge in [-0.2, -0.15) is 0 Å². The van der Waals surface area contributed by atoms with Crippen molar-refractivity contribution in [2.45, 2.75) is 43.0 Å². The van der Waals surface area contributed by atoms with E-state index in [2.05, 4.69) is 15.0 Å². The molecule has 0 bridgehead atoms. The molecule has 1 saturated heterocycles. The smallest absolute Gasteiger partial charge is 0.465 e. The summed E-state index contributed by atoms with van der Waals surface area (Å²) in [5.41, 5.74) is 0. The van der Waals surface area contributed by atoms with E-state index in [9.17, 15) is 26.4 Å². The van der Waals surface area contributed by atoms with Gasteiger partial charge < -0.3 is 24.8 Å². The van der Waals surface area contributed by atoms with Crippen LogP contribution in [0.3, 0.4) is 0 Å². The number of benzene rings is 2. The number of nitrogens with one attached hydrogen (secondary N) is 1. The minimum Gasteiger partial charge on any atom is -0.465 e. The third-order valence-corrected chi connectivity index (χ3v) is 7.30. The van der Waals surface area contributed by atoms with Crippen LogP contribution >= 0.6 is 0 Å². The van der Waals surface area contributed by atoms with Crippen LogP contribution < -0.4 is 14.8 Å². The fourth-order valence-corrected chi connectivity index (χ4v) is 5.34. The molecule has 3 rings (SSSR count). The molecule has 12 heteroatoms. The van der Waals surface area contributed by atoms with Gasteiger partial charge in [0.1, 0.15) is 17.2 Å². The number of alkyl halides is 3. The van der Waals surface area contributed by atoms with Gasteiger partial charge in [-0.3, -0.25) is 0 Å². The van der Waals surface area contributed by atoms with Crippen LogP contribution in [0.2, 0.25) is 0 Å². The Balaban J connectivity index is 1.60. The summed E-state index contributed by atoms with van der Waals surface area (Å²) in [5.74, 6) is -0.262. The molecule has 2 aromatic carbocycles.